The molecule has 0 amide bonds. The van der Waals surface area contributed by atoms with Crippen LogP contribution in [0, 0.1) is 5.92 Å². The number of aliphatic hydroxyl groups excluding tert-OH is 1. The molecule has 0 bridgehead atoms. The van der Waals surface area contributed by atoms with Crippen molar-refractivity contribution in [2.45, 2.75) is 51.6 Å². The lowest BCUT2D eigenvalue weighted by atomic mass is 9.92. The number of benzene rings is 2. The second kappa shape index (κ2) is 10.6. The first-order chi connectivity index (χ1) is 16.6. The fourth-order valence-corrected chi connectivity index (χ4v) is 6.97. The molecule has 2 N–H and O–H groups in total. The summed E-state index contributed by atoms with van der Waals surface area (Å²) in [6.45, 7) is 9.21. The van der Waals surface area contributed by atoms with Crippen molar-refractivity contribution in [1.82, 2.24) is 9.62 Å². The highest BCUT2D eigenvalue weighted by Crippen LogP contribution is 2.38. The van der Waals surface area contributed by atoms with E-state index in [4.69, 9.17) is 4.74 Å². The summed E-state index contributed by atoms with van der Waals surface area (Å²) in [6.07, 6.45) is 4.54. The van der Waals surface area contributed by atoms with Crippen LogP contribution in [-0.2, 0) is 23.2 Å². The van der Waals surface area contributed by atoms with Gasteiger partial charge in [-0.1, -0.05) is 56.0 Å². The van der Waals surface area contributed by atoms with E-state index in [0.29, 0.717) is 24.0 Å². The molecule has 2 aliphatic rings. The molecule has 2 aromatic rings. The molecule has 2 heterocycles. The van der Waals surface area contributed by atoms with Gasteiger partial charge >= 0.3 is 10.2 Å². The molecule has 4 rings (SSSR count). The topological polar surface area (TPSA) is 82.1 Å². The van der Waals surface area contributed by atoms with Crippen LogP contribution in [0.2, 0.25) is 25.7 Å². The molecule has 1 saturated heterocycles. The average Bonchev–Trinajstić information content (AvgIpc) is 3.05. The minimum absolute atomic E-state index is 0.255. The molecular formula is C26H37N3O4SSi. The number of piperidine rings is 1. The highest BCUT2D eigenvalue weighted by atomic mass is 32.2. The van der Waals surface area contributed by atoms with Crippen molar-refractivity contribution < 1.29 is 18.3 Å². The number of nitrogens with one attached hydrogen (secondary N) is 1. The van der Waals surface area contributed by atoms with Gasteiger partial charge in [-0.05, 0) is 67.6 Å². The Morgan fingerprint density at radius 1 is 1.11 bits per heavy atom. The molecule has 9 heteroatoms. The van der Waals surface area contributed by atoms with Crippen molar-refractivity contribution in [1.29, 1.82) is 0 Å². The summed E-state index contributed by atoms with van der Waals surface area (Å²) < 4.78 is 35.3. The number of rotatable bonds is 9. The number of hydrogen-bond donors (Lipinski definition) is 2. The summed E-state index contributed by atoms with van der Waals surface area (Å²) in [6, 6.07) is 16.3. The van der Waals surface area contributed by atoms with E-state index in [1.165, 1.54) is 19.0 Å². The molecule has 0 saturated carbocycles. The Balaban J connectivity index is 1.61. The molecule has 1 fully saturated rings. The van der Waals surface area contributed by atoms with Gasteiger partial charge in [-0.2, -0.15) is 8.42 Å². The van der Waals surface area contributed by atoms with E-state index >= 15 is 0 Å². The zero-order valence-electron chi connectivity index (χ0n) is 20.9. The van der Waals surface area contributed by atoms with Crippen molar-refractivity contribution >= 4 is 24.0 Å². The number of anilines is 1. The molecule has 0 aliphatic carbocycles. The number of hydrogen-bond acceptors (Lipinski definition) is 5. The van der Waals surface area contributed by atoms with Crippen LogP contribution in [0.15, 0.2) is 60.6 Å². The molecule has 2 aromatic carbocycles. The van der Waals surface area contributed by atoms with Crippen LogP contribution in [-0.4, -0.2) is 45.5 Å². The normalized spacial score (nSPS) is 20.1. The molecule has 7 nitrogen and oxygen atoms in total. The van der Waals surface area contributed by atoms with Gasteiger partial charge in [0.05, 0.1) is 6.20 Å². The lowest BCUT2D eigenvalue weighted by Gasteiger charge is -2.26. The highest BCUT2D eigenvalue weighted by molar-refractivity contribution is 7.91. The Labute approximate surface area is 210 Å². The van der Waals surface area contributed by atoms with Gasteiger partial charge < -0.3 is 15.2 Å². The molecule has 35 heavy (non-hydrogen) atoms. The van der Waals surface area contributed by atoms with Crippen LogP contribution in [0.4, 0.5) is 5.69 Å². The quantitative estimate of drug-likeness (QED) is 0.466. The number of nitrogens with zero attached hydrogens (tertiary/aromatic N) is 2. The second-order valence-electron chi connectivity index (χ2n) is 10.7. The third-order valence-electron chi connectivity index (χ3n) is 6.50. The zero-order valence-corrected chi connectivity index (χ0v) is 22.7. The Kier molecular flexibility index (Phi) is 7.78. The summed E-state index contributed by atoms with van der Waals surface area (Å²) in [5.74, 6) is 0.789. The third-order valence-corrected chi connectivity index (χ3v) is 9.95. The van der Waals surface area contributed by atoms with E-state index in [1.54, 1.807) is 6.07 Å². The van der Waals surface area contributed by atoms with Crippen LogP contribution in [0.5, 0.6) is 5.75 Å². The van der Waals surface area contributed by atoms with E-state index < -0.39 is 18.3 Å². The molecule has 1 atom stereocenters. The second-order valence-corrected chi connectivity index (χ2v) is 18.0. The fraction of sp³-hybridized carbons (Fsp3) is 0.462. The van der Waals surface area contributed by atoms with Crippen LogP contribution >= 0.6 is 0 Å². The number of ether oxygens (including phenoxy) is 1. The molecule has 0 radical (unpaired) electrons. The predicted molar refractivity (Wildman–Crippen MR) is 143 cm³/mol. The highest BCUT2D eigenvalue weighted by Gasteiger charge is 2.39. The van der Waals surface area contributed by atoms with Gasteiger partial charge in [0.1, 0.15) is 18.0 Å². The van der Waals surface area contributed by atoms with Gasteiger partial charge in [0, 0.05) is 14.6 Å². The Bertz CT molecular complexity index is 1140. The Hall–Kier alpha value is -2.49. The van der Waals surface area contributed by atoms with Crippen molar-refractivity contribution in [2.24, 2.45) is 5.92 Å². The first-order valence-electron chi connectivity index (χ1n) is 12.4. The lowest BCUT2D eigenvalue weighted by Crippen LogP contribution is -2.37. The minimum atomic E-state index is -3.94. The van der Waals surface area contributed by atoms with E-state index in [1.807, 2.05) is 42.5 Å². The van der Waals surface area contributed by atoms with Crippen molar-refractivity contribution in [2.75, 3.05) is 23.9 Å². The maximum Gasteiger partial charge on any atom is 0.332 e. The van der Waals surface area contributed by atoms with Gasteiger partial charge in [-0.15, -0.1) is 0 Å². The van der Waals surface area contributed by atoms with Crippen molar-refractivity contribution in [3.8, 4) is 5.75 Å². The van der Waals surface area contributed by atoms with E-state index in [-0.39, 0.29) is 12.4 Å². The molecule has 2 aliphatic heterocycles. The van der Waals surface area contributed by atoms with Gasteiger partial charge in [-0.25, -0.2) is 8.61 Å². The SMILES string of the molecule is C[Si](C)(C)CCN1C(O)=CN(c2ccc(CC3CCCNC3)cc2OCc2ccccc2)S1(=O)=O. The van der Waals surface area contributed by atoms with Crippen molar-refractivity contribution in [3.63, 3.8) is 0 Å². The fourth-order valence-electron chi connectivity index (χ4n) is 4.47. The summed E-state index contributed by atoms with van der Waals surface area (Å²) in [5, 5.41) is 14.0. The minimum Gasteiger partial charge on any atom is -0.493 e. The number of aliphatic hydroxyl groups is 1. The lowest BCUT2D eigenvalue weighted by molar-refractivity contribution is 0.294. The van der Waals surface area contributed by atoms with Gasteiger partial charge in [-0.3, -0.25) is 0 Å². The standard InChI is InChI=1S/C26H37N3O4SSi/c1-35(2,3)15-14-28-26(30)19-29(34(28,31)32)24-12-11-22(16-23-10-7-13-27-18-23)17-25(24)33-20-21-8-5-4-6-9-21/h4-6,8-9,11-12,17,19,23,27,30H,7,10,13-16,18,20H2,1-3H3. The van der Waals surface area contributed by atoms with E-state index in [0.717, 1.165) is 45.3 Å². The predicted octanol–water partition coefficient (Wildman–Crippen LogP) is 4.87. The summed E-state index contributed by atoms with van der Waals surface area (Å²) in [7, 11) is -5.44. The third kappa shape index (κ3) is 6.39. The Morgan fingerprint density at radius 2 is 1.89 bits per heavy atom. The first-order valence-corrected chi connectivity index (χ1v) is 17.5. The van der Waals surface area contributed by atoms with Gasteiger partial charge in [0.25, 0.3) is 0 Å². The summed E-state index contributed by atoms with van der Waals surface area (Å²) >= 11 is 0. The maximum atomic E-state index is 13.4. The smallest absolute Gasteiger partial charge is 0.332 e. The Morgan fingerprint density at radius 3 is 2.57 bits per heavy atom. The summed E-state index contributed by atoms with van der Waals surface area (Å²) in [5.41, 5.74) is 2.53. The molecule has 190 valence electrons. The summed E-state index contributed by atoms with van der Waals surface area (Å²) in [4.78, 5) is 0. The zero-order chi connectivity index (χ0) is 25.1. The van der Waals surface area contributed by atoms with Gasteiger partial charge in [0.15, 0.2) is 0 Å². The van der Waals surface area contributed by atoms with Gasteiger partial charge in [0.2, 0.25) is 5.88 Å². The molecule has 0 aromatic heterocycles. The van der Waals surface area contributed by atoms with Crippen LogP contribution in [0.25, 0.3) is 0 Å². The van der Waals surface area contributed by atoms with Crippen LogP contribution in [0.1, 0.15) is 24.0 Å². The van der Waals surface area contributed by atoms with Crippen LogP contribution < -0.4 is 14.4 Å². The molecule has 1 unspecified atom stereocenters. The largest absolute Gasteiger partial charge is 0.493 e. The molecule has 0 spiro atoms. The monoisotopic (exact) mass is 515 g/mol. The maximum absolute atomic E-state index is 13.4. The first kappa shape index (κ1) is 25.6. The molecular weight excluding hydrogens is 478 g/mol. The van der Waals surface area contributed by atoms with E-state index in [2.05, 4.69) is 25.0 Å². The van der Waals surface area contributed by atoms with E-state index in [9.17, 15) is 13.5 Å². The van der Waals surface area contributed by atoms with Crippen LogP contribution in [0.3, 0.4) is 0 Å². The van der Waals surface area contributed by atoms with Crippen molar-refractivity contribution in [3.05, 3.63) is 71.7 Å². The average molecular weight is 516 g/mol.